The lowest BCUT2D eigenvalue weighted by molar-refractivity contribution is 0.413. The first-order chi connectivity index (χ1) is 8.17. The number of benzene rings is 1. The lowest BCUT2D eigenvalue weighted by Gasteiger charge is -2.26. The van der Waals surface area contributed by atoms with Crippen molar-refractivity contribution < 1.29 is 0 Å². The van der Waals surface area contributed by atoms with E-state index in [9.17, 15) is 0 Å². The first kappa shape index (κ1) is 14.5. The number of hydrogen-bond acceptors (Lipinski definition) is 2. The summed E-state index contributed by atoms with van der Waals surface area (Å²) >= 11 is 3.48. The van der Waals surface area contributed by atoms with Crippen molar-refractivity contribution in [1.29, 1.82) is 0 Å². The molecule has 17 heavy (non-hydrogen) atoms. The zero-order valence-electron chi connectivity index (χ0n) is 11.1. The molecule has 0 heterocycles. The summed E-state index contributed by atoms with van der Waals surface area (Å²) in [5.41, 5.74) is 2.66. The summed E-state index contributed by atoms with van der Waals surface area (Å²) in [5.74, 6) is 0. The molecule has 0 bridgehead atoms. The van der Waals surface area contributed by atoms with Crippen molar-refractivity contribution in [2.24, 2.45) is 0 Å². The van der Waals surface area contributed by atoms with E-state index in [1.165, 1.54) is 17.7 Å². The molecule has 0 atom stereocenters. The number of nitrogens with zero attached hydrogens (tertiary/aromatic N) is 2. The average molecular weight is 299 g/mol. The van der Waals surface area contributed by atoms with Gasteiger partial charge in [-0.3, -0.25) is 0 Å². The Balaban J connectivity index is 2.67. The van der Waals surface area contributed by atoms with Crippen molar-refractivity contribution >= 4 is 21.6 Å². The van der Waals surface area contributed by atoms with Crippen molar-refractivity contribution in [3.63, 3.8) is 0 Å². The van der Waals surface area contributed by atoms with Gasteiger partial charge in [-0.25, -0.2) is 0 Å². The van der Waals surface area contributed by atoms with E-state index in [4.69, 9.17) is 0 Å². The number of anilines is 1. The van der Waals surface area contributed by atoms with Crippen LogP contribution in [0.15, 0.2) is 24.3 Å². The molecule has 0 aliphatic heterocycles. The number of alkyl halides is 1. The second-order valence-corrected chi connectivity index (χ2v) is 5.15. The van der Waals surface area contributed by atoms with Gasteiger partial charge in [0.25, 0.3) is 0 Å². The third-order valence-corrected chi connectivity index (χ3v) is 3.41. The third-order valence-electron chi connectivity index (χ3n) is 2.77. The molecule has 3 heteroatoms. The first-order valence-electron chi connectivity index (χ1n) is 6.22. The molecule has 1 aromatic rings. The van der Waals surface area contributed by atoms with E-state index >= 15 is 0 Å². The van der Waals surface area contributed by atoms with E-state index < -0.39 is 0 Å². The van der Waals surface area contributed by atoms with Gasteiger partial charge in [0.15, 0.2) is 0 Å². The molecule has 1 aromatic carbocycles. The molecule has 0 aliphatic carbocycles. The topological polar surface area (TPSA) is 6.48 Å². The fraction of sp³-hybridized carbons (Fsp3) is 0.571. The molecule has 0 aliphatic rings. The van der Waals surface area contributed by atoms with Crippen molar-refractivity contribution in [3.05, 3.63) is 29.8 Å². The Morgan fingerprint density at radius 1 is 1.00 bits per heavy atom. The van der Waals surface area contributed by atoms with Crippen LogP contribution in [0.5, 0.6) is 0 Å². The molecule has 0 N–H and O–H groups in total. The van der Waals surface area contributed by atoms with E-state index in [1.54, 1.807) is 0 Å². The van der Waals surface area contributed by atoms with Gasteiger partial charge in [-0.05, 0) is 38.2 Å². The number of hydrogen-bond donors (Lipinski definition) is 0. The average Bonchev–Trinajstić information content (AvgIpc) is 2.34. The number of rotatable bonds is 7. The Kier molecular flexibility index (Phi) is 6.60. The first-order valence-corrected chi connectivity index (χ1v) is 7.34. The molecule has 0 unspecified atom stereocenters. The third kappa shape index (κ3) is 5.09. The van der Waals surface area contributed by atoms with Crippen LogP contribution in [-0.4, -0.2) is 38.6 Å². The van der Waals surface area contributed by atoms with Gasteiger partial charge >= 0.3 is 0 Å². The summed E-state index contributed by atoms with van der Waals surface area (Å²) in [6, 6.07) is 8.84. The Morgan fingerprint density at radius 3 is 2.12 bits per heavy atom. The lowest BCUT2D eigenvalue weighted by atomic mass is 10.2. The summed E-state index contributed by atoms with van der Waals surface area (Å²) in [5, 5.41) is 0.929. The minimum absolute atomic E-state index is 0.929. The molecular formula is C14H23BrN2. The van der Waals surface area contributed by atoms with Crippen LogP contribution in [0, 0.1) is 0 Å². The maximum atomic E-state index is 3.48. The highest BCUT2D eigenvalue weighted by molar-refractivity contribution is 9.08. The molecule has 1 rings (SSSR count). The molecule has 2 nitrogen and oxygen atoms in total. The summed E-state index contributed by atoms with van der Waals surface area (Å²) in [7, 11) is 4.25. The summed E-state index contributed by atoms with van der Waals surface area (Å²) < 4.78 is 0. The molecule has 0 amide bonds. The van der Waals surface area contributed by atoms with Gasteiger partial charge in [-0.2, -0.15) is 0 Å². The Bertz CT molecular complexity index is 309. The van der Waals surface area contributed by atoms with Crippen molar-refractivity contribution in [2.75, 3.05) is 38.6 Å². The quantitative estimate of drug-likeness (QED) is 0.712. The highest BCUT2D eigenvalue weighted by Crippen LogP contribution is 2.16. The molecule has 96 valence electrons. The van der Waals surface area contributed by atoms with Crippen LogP contribution < -0.4 is 4.90 Å². The van der Waals surface area contributed by atoms with Gasteiger partial charge in [-0.15, -0.1) is 0 Å². The second-order valence-electron chi connectivity index (χ2n) is 4.59. The SMILES string of the molecule is CCCN(CCN(C)C)c1ccc(CBr)cc1. The normalized spacial score (nSPS) is 10.9. The van der Waals surface area contributed by atoms with Crippen molar-refractivity contribution in [1.82, 2.24) is 4.90 Å². The van der Waals surface area contributed by atoms with Crippen LogP contribution in [0.4, 0.5) is 5.69 Å². The van der Waals surface area contributed by atoms with Gasteiger partial charge in [0.2, 0.25) is 0 Å². The molecule has 0 spiro atoms. The zero-order valence-corrected chi connectivity index (χ0v) is 12.7. The smallest absolute Gasteiger partial charge is 0.0366 e. The van der Waals surface area contributed by atoms with Crippen LogP contribution >= 0.6 is 15.9 Å². The van der Waals surface area contributed by atoms with Gasteiger partial charge < -0.3 is 9.80 Å². The molecular weight excluding hydrogens is 276 g/mol. The molecule has 0 saturated carbocycles. The highest BCUT2D eigenvalue weighted by Gasteiger charge is 2.05. The van der Waals surface area contributed by atoms with Gasteiger partial charge in [-0.1, -0.05) is 35.0 Å². The maximum absolute atomic E-state index is 3.48. The van der Waals surface area contributed by atoms with Gasteiger partial charge in [0.1, 0.15) is 0 Å². The lowest BCUT2D eigenvalue weighted by Crippen LogP contribution is -2.32. The van der Waals surface area contributed by atoms with E-state index in [0.29, 0.717) is 0 Å². The minimum atomic E-state index is 0.929. The van der Waals surface area contributed by atoms with E-state index in [0.717, 1.165) is 25.0 Å². The highest BCUT2D eigenvalue weighted by atomic mass is 79.9. The monoisotopic (exact) mass is 298 g/mol. The van der Waals surface area contributed by atoms with E-state index in [1.807, 2.05) is 0 Å². The largest absolute Gasteiger partial charge is 0.370 e. The number of halogens is 1. The summed E-state index contributed by atoms with van der Waals surface area (Å²) in [6.07, 6.45) is 1.19. The fourth-order valence-corrected chi connectivity index (χ4v) is 2.13. The summed E-state index contributed by atoms with van der Waals surface area (Å²) in [6.45, 7) is 5.55. The summed E-state index contributed by atoms with van der Waals surface area (Å²) in [4.78, 5) is 4.69. The molecule has 0 saturated heterocycles. The fourth-order valence-electron chi connectivity index (χ4n) is 1.76. The van der Waals surface area contributed by atoms with Crippen LogP contribution in [0.2, 0.25) is 0 Å². The molecule has 0 aromatic heterocycles. The minimum Gasteiger partial charge on any atom is -0.370 e. The van der Waals surface area contributed by atoms with Crippen molar-refractivity contribution in [2.45, 2.75) is 18.7 Å². The van der Waals surface area contributed by atoms with Gasteiger partial charge in [0, 0.05) is 30.7 Å². The zero-order chi connectivity index (χ0) is 12.7. The Labute approximate surface area is 114 Å². The van der Waals surface area contributed by atoms with E-state index in [2.05, 4.69) is 71.0 Å². The molecule has 0 fully saturated rings. The molecule has 0 radical (unpaired) electrons. The van der Waals surface area contributed by atoms with Crippen LogP contribution in [0.1, 0.15) is 18.9 Å². The van der Waals surface area contributed by atoms with Crippen molar-refractivity contribution in [3.8, 4) is 0 Å². The number of likely N-dealkylation sites (N-methyl/N-ethyl adjacent to an activating group) is 1. The standard InChI is InChI=1S/C14H23BrN2/c1-4-9-17(11-10-16(2)3)14-7-5-13(12-15)6-8-14/h5-8H,4,9-12H2,1-3H3. The maximum Gasteiger partial charge on any atom is 0.0366 e. The van der Waals surface area contributed by atoms with E-state index in [-0.39, 0.29) is 0 Å². The second kappa shape index (κ2) is 7.72. The van der Waals surface area contributed by atoms with Crippen LogP contribution in [-0.2, 0) is 5.33 Å². The predicted octanol–water partition coefficient (Wildman–Crippen LogP) is 3.36. The predicted molar refractivity (Wildman–Crippen MR) is 80.1 cm³/mol. The Morgan fingerprint density at radius 2 is 1.65 bits per heavy atom. The van der Waals surface area contributed by atoms with Crippen LogP contribution in [0.3, 0.4) is 0 Å². The van der Waals surface area contributed by atoms with Gasteiger partial charge in [0.05, 0.1) is 0 Å². The Hall–Kier alpha value is -0.540. The van der Waals surface area contributed by atoms with Crippen LogP contribution in [0.25, 0.3) is 0 Å².